The summed E-state index contributed by atoms with van der Waals surface area (Å²) >= 11 is 6.03. The summed E-state index contributed by atoms with van der Waals surface area (Å²) in [6, 6.07) is 13.5. The maximum Gasteiger partial charge on any atom is 0.253 e. The van der Waals surface area contributed by atoms with E-state index in [1.807, 2.05) is 42.5 Å². The molecule has 0 aliphatic heterocycles. The molecule has 3 aromatic rings. The number of nitrogens with one attached hydrogen (secondary N) is 2. The molecular weight excluding hydrogens is 328 g/mol. The van der Waals surface area contributed by atoms with Crippen molar-refractivity contribution in [2.24, 2.45) is 11.5 Å². The number of H-pyrrole nitrogens is 1. The Balaban J connectivity index is 0.000000647. The fourth-order valence-electron chi connectivity index (χ4n) is 2.49. The fraction of sp³-hybridized carbons (Fsp3) is 0.0588. The maximum atomic E-state index is 11.6. The highest BCUT2D eigenvalue weighted by molar-refractivity contribution is 6.30. The number of benzene rings is 2. The third-order valence-corrected chi connectivity index (χ3v) is 3.69. The van der Waals surface area contributed by atoms with Crippen LogP contribution in [0.2, 0.25) is 5.02 Å². The zero-order valence-electron chi connectivity index (χ0n) is 13.0. The Morgan fingerprint density at radius 1 is 1.21 bits per heavy atom. The molecule has 6 nitrogen and oxygen atoms in total. The molecule has 0 atom stereocenters. The number of aromatic amines is 1. The molecule has 3 rings (SSSR count). The largest absolute Gasteiger partial charge is 0.374 e. The second kappa shape index (κ2) is 7.52. The zero-order valence-corrected chi connectivity index (χ0v) is 13.7. The van der Waals surface area contributed by atoms with Gasteiger partial charge in [0.1, 0.15) is 5.82 Å². The van der Waals surface area contributed by atoms with Crippen LogP contribution in [0.1, 0.15) is 10.4 Å². The lowest BCUT2D eigenvalue weighted by molar-refractivity contribution is -0.106. The third kappa shape index (κ3) is 3.49. The number of halogens is 1. The Hall–Kier alpha value is -2.99. The molecule has 2 aromatic carbocycles. The van der Waals surface area contributed by atoms with Gasteiger partial charge in [0.25, 0.3) is 5.91 Å². The van der Waals surface area contributed by atoms with E-state index in [1.54, 1.807) is 7.05 Å². The summed E-state index contributed by atoms with van der Waals surface area (Å²) in [7, 11) is 1.75. The first-order valence-electron chi connectivity index (χ1n) is 7.06. The van der Waals surface area contributed by atoms with E-state index >= 15 is 0 Å². The molecule has 0 aliphatic rings. The summed E-state index contributed by atoms with van der Waals surface area (Å²) in [6.07, 6.45) is 0.250. The van der Waals surface area contributed by atoms with E-state index in [0.29, 0.717) is 16.4 Å². The Morgan fingerprint density at radius 2 is 1.88 bits per heavy atom. The summed E-state index contributed by atoms with van der Waals surface area (Å²) in [4.78, 5) is 23.4. The van der Waals surface area contributed by atoms with Gasteiger partial charge in [-0.2, -0.15) is 0 Å². The van der Waals surface area contributed by atoms with Gasteiger partial charge in [-0.3, -0.25) is 9.59 Å². The number of amides is 2. The van der Waals surface area contributed by atoms with E-state index in [1.165, 1.54) is 0 Å². The average molecular weight is 345 g/mol. The monoisotopic (exact) mass is 344 g/mol. The Kier molecular flexibility index (Phi) is 5.44. The van der Waals surface area contributed by atoms with Gasteiger partial charge >= 0.3 is 0 Å². The quantitative estimate of drug-likeness (QED) is 0.547. The molecule has 0 radical (unpaired) electrons. The first-order chi connectivity index (χ1) is 11.5. The highest BCUT2D eigenvalue weighted by Crippen LogP contribution is 2.30. The number of anilines is 1. The van der Waals surface area contributed by atoms with Crippen molar-refractivity contribution < 1.29 is 9.59 Å². The van der Waals surface area contributed by atoms with Crippen LogP contribution in [-0.4, -0.2) is 24.3 Å². The number of nitrogens with two attached hydrogens (primary N) is 2. The molecule has 24 heavy (non-hydrogen) atoms. The van der Waals surface area contributed by atoms with Crippen LogP contribution in [0.5, 0.6) is 0 Å². The first-order valence-corrected chi connectivity index (χ1v) is 7.44. The van der Waals surface area contributed by atoms with E-state index in [2.05, 4.69) is 16.0 Å². The molecule has 2 amide bonds. The molecule has 0 aliphatic carbocycles. The van der Waals surface area contributed by atoms with Gasteiger partial charge in [-0.25, -0.2) is 0 Å². The third-order valence-electron chi connectivity index (χ3n) is 3.45. The van der Waals surface area contributed by atoms with E-state index in [9.17, 15) is 4.79 Å². The molecule has 7 heteroatoms. The minimum absolute atomic E-state index is 0.250. The summed E-state index contributed by atoms with van der Waals surface area (Å²) in [5, 5.41) is 4.45. The predicted molar refractivity (Wildman–Crippen MR) is 97.1 cm³/mol. The van der Waals surface area contributed by atoms with E-state index in [0.717, 1.165) is 22.0 Å². The van der Waals surface area contributed by atoms with Crippen molar-refractivity contribution in [1.82, 2.24) is 4.98 Å². The van der Waals surface area contributed by atoms with Crippen molar-refractivity contribution in [3.8, 4) is 11.1 Å². The van der Waals surface area contributed by atoms with Gasteiger partial charge in [0.15, 0.2) is 0 Å². The van der Waals surface area contributed by atoms with Crippen LogP contribution in [0.3, 0.4) is 0 Å². The van der Waals surface area contributed by atoms with Gasteiger partial charge in [-0.05, 0) is 29.3 Å². The molecular formula is C17H17ClN4O2. The minimum atomic E-state index is -0.457. The van der Waals surface area contributed by atoms with Crippen LogP contribution < -0.4 is 16.8 Å². The highest BCUT2D eigenvalue weighted by Gasteiger charge is 2.15. The topological polar surface area (TPSA) is 114 Å². The van der Waals surface area contributed by atoms with Gasteiger partial charge in [0, 0.05) is 23.0 Å². The van der Waals surface area contributed by atoms with Gasteiger partial charge in [0.05, 0.1) is 5.56 Å². The Labute approximate surface area is 143 Å². The Bertz CT molecular complexity index is 889. The molecule has 0 bridgehead atoms. The van der Waals surface area contributed by atoms with Crippen LogP contribution in [0.4, 0.5) is 5.82 Å². The minimum Gasteiger partial charge on any atom is -0.374 e. The summed E-state index contributed by atoms with van der Waals surface area (Å²) in [5.74, 6) is 0.168. The number of rotatable bonds is 3. The molecule has 1 aromatic heterocycles. The molecule has 124 valence electrons. The number of fused-ring (bicyclic) bond motifs is 1. The molecule has 1 heterocycles. The van der Waals surface area contributed by atoms with Crippen LogP contribution in [0.25, 0.3) is 22.0 Å². The number of carbonyl (C=O) groups excluding carboxylic acids is 2. The number of hydrogen-bond acceptors (Lipinski definition) is 3. The normalized spacial score (nSPS) is 9.92. The van der Waals surface area contributed by atoms with Gasteiger partial charge in [-0.1, -0.05) is 35.9 Å². The average Bonchev–Trinajstić information content (AvgIpc) is 2.93. The molecule has 0 saturated carbocycles. The van der Waals surface area contributed by atoms with E-state index in [4.69, 9.17) is 22.1 Å². The van der Waals surface area contributed by atoms with Crippen molar-refractivity contribution in [2.45, 2.75) is 0 Å². The van der Waals surface area contributed by atoms with Crippen molar-refractivity contribution in [3.63, 3.8) is 0 Å². The van der Waals surface area contributed by atoms with E-state index in [-0.39, 0.29) is 6.41 Å². The predicted octanol–water partition coefficient (Wildman–Crippen LogP) is 2.73. The number of aromatic nitrogens is 1. The van der Waals surface area contributed by atoms with Crippen molar-refractivity contribution in [2.75, 3.05) is 12.4 Å². The van der Waals surface area contributed by atoms with Crippen LogP contribution in [-0.2, 0) is 4.79 Å². The van der Waals surface area contributed by atoms with Crippen molar-refractivity contribution in [3.05, 3.63) is 53.1 Å². The summed E-state index contributed by atoms with van der Waals surface area (Å²) < 4.78 is 0. The van der Waals surface area contributed by atoms with Crippen LogP contribution in [0, 0.1) is 0 Å². The molecule has 0 saturated heterocycles. The lowest BCUT2D eigenvalue weighted by atomic mass is 10.0. The number of primary amides is 2. The van der Waals surface area contributed by atoms with Crippen LogP contribution in [0.15, 0.2) is 42.5 Å². The molecule has 0 fully saturated rings. The van der Waals surface area contributed by atoms with Crippen molar-refractivity contribution >= 4 is 40.6 Å². The first kappa shape index (κ1) is 17.4. The fourth-order valence-corrected chi connectivity index (χ4v) is 2.68. The summed E-state index contributed by atoms with van der Waals surface area (Å²) in [6.45, 7) is 0. The zero-order chi connectivity index (χ0) is 17.7. The maximum absolute atomic E-state index is 11.6. The number of carbonyl (C=O) groups is 2. The lowest BCUT2D eigenvalue weighted by Gasteiger charge is -2.03. The SMILES string of the molecule is CNc1[nH]c2cc(-c3cccc(Cl)c3)ccc2c1C(N)=O.NC=O. The smallest absolute Gasteiger partial charge is 0.253 e. The Morgan fingerprint density at radius 3 is 2.46 bits per heavy atom. The van der Waals surface area contributed by atoms with Gasteiger partial charge < -0.3 is 21.8 Å². The molecule has 6 N–H and O–H groups in total. The molecule has 0 spiro atoms. The van der Waals surface area contributed by atoms with Crippen LogP contribution >= 0.6 is 11.6 Å². The highest BCUT2D eigenvalue weighted by atomic mass is 35.5. The standard InChI is InChI=1S/C16H14ClN3O.CH3NO/c1-19-16-14(15(18)21)12-6-5-10(8-13(12)20-16)9-3-2-4-11(17)7-9;2-1-3/h2-8,19-20H,1H3,(H2,18,21);1H,(H2,2,3). The summed E-state index contributed by atoms with van der Waals surface area (Å²) in [5.41, 5.74) is 13.0. The lowest BCUT2D eigenvalue weighted by Crippen LogP contribution is -2.12. The second-order valence-corrected chi connectivity index (χ2v) is 5.33. The van der Waals surface area contributed by atoms with Crippen molar-refractivity contribution in [1.29, 1.82) is 0 Å². The van der Waals surface area contributed by atoms with Gasteiger partial charge in [0.2, 0.25) is 6.41 Å². The second-order valence-electron chi connectivity index (χ2n) is 4.90. The van der Waals surface area contributed by atoms with E-state index < -0.39 is 5.91 Å². The number of hydrogen-bond donors (Lipinski definition) is 4. The molecule has 0 unspecified atom stereocenters. The van der Waals surface area contributed by atoms with Gasteiger partial charge in [-0.15, -0.1) is 0 Å².